The first-order valence-corrected chi connectivity index (χ1v) is 8.11. The molecule has 0 atom stereocenters. The summed E-state index contributed by atoms with van der Waals surface area (Å²) in [5, 5.41) is 0. The molecule has 0 unspecified atom stereocenters. The molecule has 0 saturated carbocycles. The maximum atomic E-state index is 12.0. The van der Waals surface area contributed by atoms with E-state index >= 15 is 0 Å². The van der Waals surface area contributed by atoms with E-state index < -0.39 is 16.1 Å². The number of esters is 1. The van der Waals surface area contributed by atoms with Gasteiger partial charge in [-0.2, -0.15) is 8.42 Å². The predicted octanol–water partition coefficient (Wildman–Crippen LogP) is 3.28. The Hall–Kier alpha value is -2.18. The monoisotopic (exact) mass is 320 g/mol. The molecule has 0 aromatic heterocycles. The Morgan fingerprint density at radius 1 is 1.00 bits per heavy atom. The Kier molecular flexibility index (Phi) is 4.63. The number of hydrogen-bond donors (Lipinski definition) is 1. The summed E-state index contributed by atoms with van der Waals surface area (Å²) in [6.45, 7) is 4.13. The molecule has 0 spiro atoms. The summed E-state index contributed by atoms with van der Waals surface area (Å²) >= 11 is 0. The Morgan fingerprint density at radius 3 is 2.00 bits per heavy atom. The maximum Gasteiger partial charge on any atom is 0.343 e. The van der Waals surface area contributed by atoms with Crippen LogP contribution in [0.3, 0.4) is 0 Å². The molecule has 0 amide bonds. The zero-order chi connectivity index (χ0) is 16.3. The smallest absolute Gasteiger partial charge is 0.343 e. The van der Waals surface area contributed by atoms with Gasteiger partial charge in [0.05, 0.1) is 10.5 Å². The summed E-state index contributed by atoms with van der Waals surface area (Å²) in [5.74, 6) is 0.199. The van der Waals surface area contributed by atoms with Gasteiger partial charge >= 0.3 is 5.97 Å². The normalized spacial score (nSPS) is 11.5. The van der Waals surface area contributed by atoms with Gasteiger partial charge < -0.3 is 4.74 Å². The van der Waals surface area contributed by atoms with E-state index in [0.717, 1.165) is 17.7 Å². The lowest BCUT2D eigenvalue weighted by molar-refractivity contribution is 0.0734. The number of benzene rings is 2. The lowest BCUT2D eigenvalue weighted by Gasteiger charge is -2.08. The molecule has 0 radical (unpaired) electrons. The topological polar surface area (TPSA) is 80.7 Å². The van der Waals surface area contributed by atoms with E-state index in [9.17, 15) is 13.2 Å². The van der Waals surface area contributed by atoms with Crippen molar-refractivity contribution in [2.24, 2.45) is 0 Å². The number of ether oxygens (including phenoxy) is 1. The van der Waals surface area contributed by atoms with Crippen molar-refractivity contribution >= 4 is 16.1 Å². The van der Waals surface area contributed by atoms with Crippen molar-refractivity contribution in [3.63, 3.8) is 0 Å². The first kappa shape index (κ1) is 16.2. The van der Waals surface area contributed by atoms with Crippen LogP contribution in [-0.2, 0) is 10.1 Å². The van der Waals surface area contributed by atoms with E-state index in [1.54, 1.807) is 12.1 Å². The number of carbonyl (C=O) groups excluding carboxylic acids is 1. The minimum Gasteiger partial charge on any atom is -0.423 e. The van der Waals surface area contributed by atoms with Crippen molar-refractivity contribution < 1.29 is 22.5 Å². The molecule has 0 aliphatic rings. The molecule has 0 aliphatic carbocycles. The fourth-order valence-electron chi connectivity index (χ4n) is 1.85. The van der Waals surface area contributed by atoms with Crippen LogP contribution in [0.15, 0.2) is 53.4 Å². The Balaban J connectivity index is 2.12. The van der Waals surface area contributed by atoms with Crippen LogP contribution >= 0.6 is 0 Å². The minimum absolute atomic E-state index is 0.195. The van der Waals surface area contributed by atoms with Crippen LogP contribution in [0.2, 0.25) is 0 Å². The SMILES string of the molecule is CC(C)c1ccc(OC(=O)c2ccc(S(=O)(=O)O)cc2)cc1. The van der Waals surface area contributed by atoms with E-state index in [2.05, 4.69) is 13.8 Å². The summed E-state index contributed by atoms with van der Waals surface area (Å²) in [7, 11) is -4.27. The minimum atomic E-state index is -4.27. The fraction of sp³-hybridized carbons (Fsp3) is 0.188. The molecule has 6 heteroatoms. The van der Waals surface area contributed by atoms with E-state index in [0.29, 0.717) is 11.7 Å². The Labute approximate surface area is 129 Å². The fourth-order valence-corrected chi connectivity index (χ4v) is 2.33. The molecule has 0 saturated heterocycles. The number of carbonyl (C=O) groups is 1. The second-order valence-corrected chi connectivity index (χ2v) is 6.53. The molecule has 116 valence electrons. The molecule has 0 fully saturated rings. The second kappa shape index (κ2) is 6.29. The van der Waals surface area contributed by atoms with Gasteiger partial charge in [-0.3, -0.25) is 4.55 Å². The first-order chi connectivity index (χ1) is 10.3. The zero-order valence-electron chi connectivity index (χ0n) is 12.2. The van der Waals surface area contributed by atoms with Gasteiger partial charge in [0.1, 0.15) is 5.75 Å². The summed E-state index contributed by atoms with van der Waals surface area (Å²) in [5.41, 5.74) is 1.33. The lowest BCUT2D eigenvalue weighted by Crippen LogP contribution is -2.09. The second-order valence-electron chi connectivity index (χ2n) is 5.11. The van der Waals surface area contributed by atoms with Crippen LogP contribution in [0.4, 0.5) is 0 Å². The molecule has 2 aromatic rings. The summed E-state index contributed by atoms with van der Waals surface area (Å²) in [6.07, 6.45) is 0. The van der Waals surface area contributed by atoms with Crippen LogP contribution in [0.5, 0.6) is 5.75 Å². The van der Waals surface area contributed by atoms with E-state index in [4.69, 9.17) is 9.29 Å². The third-order valence-corrected chi connectivity index (χ3v) is 4.01. The molecule has 0 bridgehead atoms. The zero-order valence-corrected chi connectivity index (χ0v) is 13.0. The van der Waals surface area contributed by atoms with Crippen molar-refractivity contribution in [1.82, 2.24) is 0 Å². The highest BCUT2D eigenvalue weighted by Gasteiger charge is 2.13. The van der Waals surface area contributed by atoms with Crippen LogP contribution in [-0.4, -0.2) is 18.9 Å². The molecule has 0 aliphatic heterocycles. The molecule has 2 rings (SSSR count). The van der Waals surface area contributed by atoms with Crippen LogP contribution in [0.1, 0.15) is 35.7 Å². The highest BCUT2D eigenvalue weighted by Crippen LogP contribution is 2.19. The lowest BCUT2D eigenvalue weighted by atomic mass is 10.0. The number of hydrogen-bond acceptors (Lipinski definition) is 4. The standard InChI is InChI=1S/C16H16O5S/c1-11(2)12-3-7-14(8-4-12)21-16(17)13-5-9-15(10-6-13)22(18,19)20/h3-11H,1-2H3,(H,18,19,20). The third-order valence-electron chi connectivity index (χ3n) is 3.15. The van der Waals surface area contributed by atoms with Crippen molar-refractivity contribution in [2.75, 3.05) is 0 Å². The summed E-state index contributed by atoms with van der Waals surface area (Å²) < 4.78 is 36.0. The molecular formula is C16H16O5S. The van der Waals surface area contributed by atoms with Gasteiger partial charge in [-0.1, -0.05) is 26.0 Å². The van der Waals surface area contributed by atoms with E-state index in [-0.39, 0.29) is 10.5 Å². The molecule has 5 nitrogen and oxygen atoms in total. The van der Waals surface area contributed by atoms with Crippen molar-refractivity contribution in [3.8, 4) is 5.75 Å². The van der Waals surface area contributed by atoms with Gasteiger partial charge in [0.25, 0.3) is 10.1 Å². The van der Waals surface area contributed by atoms with Gasteiger partial charge in [-0.05, 0) is 47.9 Å². The van der Waals surface area contributed by atoms with Gasteiger partial charge in [-0.25, -0.2) is 4.79 Å². The summed E-state index contributed by atoms with van der Waals surface area (Å²) in [6, 6.07) is 12.0. The average Bonchev–Trinajstić information content (AvgIpc) is 2.47. The van der Waals surface area contributed by atoms with Gasteiger partial charge in [-0.15, -0.1) is 0 Å². The quantitative estimate of drug-likeness (QED) is 0.531. The predicted molar refractivity (Wildman–Crippen MR) is 81.7 cm³/mol. The van der Waals surface area contributed by atoms with Gasteiger partial charge in [0.2, 0.25) is 0 Å². The summed E-state index contributed by atoms with van der Waals surface area (Å²) in [4.78, 5) is 11.7. The third kappa shape index (κ3) is 3.93. The van der Waals surface area contributed by atoms with Gasteiger partial charge in [0, 0.05) is 0 Å². The average molecular weight is 320 g/mol. The number of rotatable bonds is 4. The van der Waals surface area contributed by atoms with Crippen molar-refractivity contribution in [1.29, 1.82) is 0 Å². The van der Waals surface area contributed by atoms with E-state index in [1.165, 1.54) is 12.1 Å². The molecular weight excluding hydrogens is 304 g/mol. The molecule has 0 heterocycles. The largest absolute Gasteiger partial charge is 0.423 e. The van der Waals surface area contributed by atoms with Crippen molar-refractivity contribution in [3.05, 3.63) is 59.7 Å². The van der Waals surface area contributed by atoms with E-state index in [1.807, 2.05) is 12.1 Å². The molecule has 22 heavy (non-hydrogen) atoms. The van der Waals surface area contributed by atoms with Crippen LogP contribution in [0.25, 0.3) is 0 Å². The Bertz CT molecular complexity index is 759. The molecule has 1 N–H and O–H groups in total. The highest BCUT2D eigenvalue weighted by atomic mass is 32.2. The van der Waals surface area contributed by atoms with Gasteiger partial charge in [0.15, 0.2) is 0 Å². The Morgan fingerprint density at radius 2 is 1.55 bits per heavy atom. The highest BCUT2D eigenvalue weighted by molar-refractivity contribution is 7.85. The molecule has 2 aromatic carbocycles. The maximum absolute atomic E-state index is 12.0. The van der Waals surface area contributed by atoms with Crippen LogP contribution in [0, 0.1) is 0 Å². The van der Waals surface area contributed by atoms with Crippen LogP contribution < -0.4 is 4.74 Å². The first-order valence-electron chi connectivity index (χ1n) is 6.67. The van der Waals surface area contributed by atoms with Crippen molar-refractivity contribution in [2.45, 2.75) is 24.7 Å².